The van der Waals surface area contributed by atoms with Gasteiger partial charge in [0.05, 0.1) is 16.5 Å². The molecule has 0 aliphatic rings. The number of hydrogen-bond donors (Lipinski definition) is 0. The fourth-order valence-electron chi connectivity index (χ4n) is 1.80. The van der Waals surface area contributed by atoms with E-state index in [1.807, 2.05) is 6.07 Å². The van der Waals surface area contributed by atoms with Crippen molar-refractivity contribution in [2.75, 3.05) is 6.26 Å². The van der Waals surface area contributed by atoms with Gasteiger partial charge in [0.15, 0.2) is 15.6 Å². The summed E-state index contributed by atoms with van der Waals surface area (Å²) in [6, 6.07) is 14.6. The van der Waals surface area contributed by atoms with E-state index in [-0.39, 0.29) is 10.7 Å². The van der Waals surface area contributed by atoms with Gasteiger partial charge in [0.2, 0.25) is 0 Å². The van der Waals surface area contributed by atoms with E-state index in [0.29, 0.717) is 11.1 Å². The number of hydrogen-bond acceptors (Lipinski definition) is 4. The van der Waals surface area contributed by atoms with Crippen LogP contribution in [0.2, 0.25) is 0 Å². The molecule has 0 saturated heterocycles. The van der Waals surface area contributed by atoms with Crippen LogP contribution in [-0.2, 0) is 9.84 Å². The average molecular weight is 311 g/mol. The quantitative estimate of drug-likeness (QED) is 0.642. The minimum absolute atomic E-state index is 0.184. The van der Waals surface area contributed by atoms with Crippen molar-refractivity contribution >= 4 is 21.7 Å². The summed E-state index contributed by atoms with van der Waals surface area (Å²) in [5, 5.41) is 8.71. The maximum Gasteiger partial charge on any atom is 0.185 e. The van der Waals surface area contributed by atoms with Crippen LogP contribution in [0.4, 0.5) is 0 Å². The van der Waals surface area contributed by atoms with Crippen molar-refractivity contribution in [2.45, 2.75) is 4.90 Å². The molecule has 0 aliphatic carbocycles. The van der Waals surface area contributed by atoms with Gasteiger partial charge >= 0.3 is 0 Å². The second-order valence-electron chi connectivity index (χ2n) is 4.73. The number of carbonyl (C=O) groups is 1. The SMILES string of the molecule is CS(=O)(=O)c1ccc(/C=C/C(=O)c2ccc(C#N)cc2)cc1. The molecule has 0 bridgehead atoms. The lowest BCUT2D eigenvalue weighted by molar-refractivity contribution is 0.104. The van der Waals surface area contributed by atoms with Crippen molar-refractivity contribution < 1.29 is 13.2 Å². The van der Waals surface area contributed by atoms with Crippen LogP contribution in [0.25, 0.3) is 6.08 Å². The Hall–Kier alpha value is -2.71. The fraction of sp³-hybridized carbons (Fsp3) is 0.0588. The Balaban J connectivity index is 2.14. The Morgan fingerprint density at radius 3 is 2.14 bits per heavy atom. The van der Waals surface area contributed by atoms with Crippen molar-refractivity contribution in [3.63, 3.8) is 0 Å². The van der Waals surface area contributed by atoms with Crippen LogP contribution in [-0.4, -0.2) is 20.5 Å². The van der Waals surface area contributed by atoms with Crippen LogP contribution in [0.15, 0.2) is 59.5 Å². The third-order valence-corrected chi connectivity index (χ3v) is 4.16. The Morgan fingerprint density at radius 1 is 1.05 bits per heavy atom. The number of rotatable bonds is 4. The van der Waals surface area contributed by atoms with Gasteiger partial charge in [-0.05, 0) is 48.0 Å². The maximum atomic E-state index is 12.0. The summed E-state index contributed by atoms with van der Waals surface area (Å²) in [5.74, 6) is -0.184. The average Bonchev–Trinajstić information content (AvgIpc) is 2.52. The molecule has 0 spiro atoms. The third kappa shape index (κ3) is 3.90. The number of sulfone groups is 1. The fourth-order valence-corrected chi connectivity index (χ4v) is 2.43. The van der Waals surface area contributed by atoms with Crippen LogP contribution < -0.4 is 0 Å². The van der Waals surface area contributed by atoms with Gasteiger partial charge in [0.1, 0.15) is 0 Å². The number of allylic oxidation sites excluding steroid dienone is 1. The second-order valence-corrected chi connectivity index (χ2v) is 6.74. The molecule has 4 nitrogen and oxygen atoms in total. The molecule has 0 N–H and O–H groups in total. The van der Waals surface area contributed by atoms with Gasteiger partial charge < -0.3 is 0 Å². The monoisotopic (exact) mass is 311 g/mol. The summed E-state index contributed by atoms with van der Waals surface area (Å²) in [6.07, 6.45) is 4.18. The molecule has 0 radical (unpaired) electrons. The Labute approximate surface area is 129 Å². The van der Waals surface area contributed by atoms with Gasteiger partial charge in [-0.1, -0.05) is 18.2 Å². The molecule has 0 heterocycles. The van der Waals surface area contributed by atoms with Crippen molar-refractivity contribution in [3.05, 3.63) is 71.3 Å². The Bertz CT molecular complexity index is 856. The summed E-state index contributed by atoms with van der Waals surface area (Å²) >= 11 is 0. The zero-order chi connectivity index (χ0) is 16.2. The molecule has 2 rings (SSSR count). The van der Waals surface area contributed by atoms with E-state index in [0.717, 1.165) is 11.8 Å². The van der Waals surface area contributed by atoms with Gasteiger partial charge in [-0.3, -0.25) is 4.79 Å². The highest BCUT2D eigenvalue weighted by Crippen LogP contribution is 2.12. The summed E-state index contributed by atoms with van der Waals surface area (Å²) < 4.78 is 22.7. The number of nitriles is 1. The van der Waals surface area contributed by atoms with Gasteiger partial charge in [0, 0.05) is 11.8 Å². The maximum absolute atomic E-state index is 12.0. The van der Waals surface area contributed by atoms with E-state index in [9.17, 15) is 13.2 Å². The number of carbonyl (C=O) groups excluding carboxylic acids is 1. The van der Waals surface area contributed by atoms with Crippen LogP contribution in [0.1, 0.15) is 21.5 Å². The topological polar surface area (TPSA) is 75.0 Å². The number of nitrogens with zero attached hydrogens (tertiary/aromatic N) is 1. The first-order valence-electron chi connectivity index (χ1n) is 6.43. The predicted molar refractivity (Wildman–Crippen MR) is 84.1 cm³/mol. The number of benzene rings is 2. The summed E-state index contributed by atoms with van der Waals surface area (Å²) in [7, 11) is -3.22. The van der Waals surface area contributed by atoms with E-state index < -0.39 is 9.84 Å². The zero-order valence-electron chi connectivity index (χ0n) is 11.9. The highest BCUT2D eigenvalue weighted by molar-refractivity contribution is 7.90. The van der Waals surface area contributed by atoms with E-state index in [1.54, 1.807) is 42.5 Å². The van der Waals surface area contributed by atoms with Crippen LogP contribution in [0.3, 0.4) is 0 Å². The zero-order valence-corrected chi connectivity index (χ0v) is 12.7. The lowest BCUT2D eigenvalue weighted by Crippen LogP contribution is -1.96. The molecular weight excluding hydrogens is 298 g/mol. The molecule has 0 atom stereocenters. The van der Waals surface area contributed by atoms with Crippen molar-refractivity contribution in [2.24, 2.45) is 0 Å². The normalized spacial score (nSPS) is 11.3. The largest absolute Gasteiger partial charge is 0.289 e. The lowest BCUT2D eigenvalue weighted by atomic mass is 10.1. The van der Waals surface area contributed by atoms with E-state index in [4.69, 9.17) is 5.26 Å². The molecule has 0 fully saturated rings. The Morgan fingerprint density at radius 2 is 1.64 bits per heavy atom. The molecule has 0 amide bonds. The molecule has 0 saturated carbocycles. The van der Waals surface area contributed by atoms with Crippen LogP contribution in [0.5, 0.6) is 0 Å². The molecule has 5 heteroatoms. The molecule has 0 aromatic heterocycles. The van der Waals surface area contributed by atoms with Gasteiger partial charge in [-0.15, -0.1) is 0 Å². The minimum atomic E-state index is -3.22. The minimum Gasteiger partial charge on any atom is -0.289 e. The molecule has 22 heavy (non-hydrogen) atoms. The predicted octanol–water partition coefficient (Wildman–Crippen LogP) is 2.86. The molecular formula is C17H13NO3S. The van der Waals surface area contributed by atoms with E-state index >= 15 is 0 Å². The smallest absolute Gasteiger partial charge is 0.185 e. The standard InChI is InChI=1S/C17H13NO3S/c1-22(20,21)16-9-4-13(5-10-16)6-11-17(19)15-7-2-14(12-18)3-8-15/h2-11H,1H3/b11-6+. The molecule has 2 aromatic rings. The van der Waals surface area contributed by atoms with E-state index in [1.165, 1.54) is 18.2 Å². The summed E-state index contributed by atoms with van der Waals surface area (Å²) in [5.41, 5.74) is 1.72. The highest BCUT2D eigenvalue weighted by Gasteiger charge is 2.05. The van der Waals surface area contributed by atoms with Gasteiger partial charge in [-0.2, -0.15) is 5.26 Å². The molecule has 110 valence electrons. The van der Waals surface area contributed by atoms with E-state index in [2.05, 4.69) is 0 Å². The second kappa shape index (κ2) is 6.37. The molecule has 2 aromatic carbocycles. The first-order valence-corrected chi connectivity index (χ1v) is 8.32. The first kappa shape index (κ1) is 15.7. The van der Waals surface area contributed by atoms with Crippen molar-refractivity contribution in [1.82, 2.24) is 0 Å². The summed E-state index contributed by atoms with van der Waals surface area (Å²) in [4.78, 5) is 12.2. The lowest BCUT2D eigenvalue weighted by Gasteiger charge is -1.99. The van der Waals surface area contributed by atoms with Crippen molar-refractivity contribution in [1.29, 1.82) is 5.26 Å². The first-order chi connectivity index (χ1) is 10.4. The molecule has 0 unspecified atom stereocenters. The Kier molecular flexibility index (Phi) is 4.54. The van der Waals surface area contributed by atoms with Gasteiger partial charge in [-0.25, -0.2) is 8.42 Å². The van der Waals surface area contributed by atoms with Crippen LogP contribution in [0, 0.1) is 11.3 Å². The highest BCUT2D eigenvalue weighted by atomic mass is 32.2. The summed E-state index contributed by atoms with van der Waals surface area (Å²) in [6.45, 7) is 0. The van der Waals surface area contributed by atoms with Crippen molar-refractivity contribution in [3.8, 4) is 6.07 Å². The number of ketones is 1. The molecule has 0 aliphatic heterocycles. The third-order valence-electron chi connectivity index (χ3n) is 3.03. The van der Waals surface area contributed by atoms with Gasteiger partial charge in [0.25, 0.3) is 0 Å². The van der Waals surface area contributed by atoms with Crippen LogP contribution >= 0.6 is 0 Å².